The predicted octanol–water partition coefficient (Wildman–Crippen LogP) is 3.21. The second-order valence-electron chi connectivity index (χ2n) is 7.03. The van der Waals surface area contributed by atoms with Gasteiger partial charge in [-0.25, -0.2) is 4.79 Å². The monoisotopic (exact) mass is 352 g/mol. The molecule has 0 saturated carbocycles. The number of carbonyl (C=O) groups excluding carboxylic acids is 2. The molecular formula is C18H25ClN2O3. The van der Waals surface area contributed by atoms with Gasteiger partial charge in [0.15, 0.2) is 5.75 Å². The van der Waals surface area contributed by atoms with Crippen molar-refractivity contribution in [2.45, 2.75) is 27.7 Å². The average molecular weight is 353 g/mol. The molecule has 0 spiro atoms. The second kappa shape index (κ2) is 7.88. The molecule has 0 unspecified atom stereocenters. The number of hydrogen-bond acceptors (Lipinski definition) is 4. The minimum absolute atomic E-state index is 0.0121. The van der Waals surface area contributed by atoms with Crippen molar-refractivity contribution in [2.24, 2.45) is 11.8 Å². The number of hydrogen-bond donors (Lipinski definition) is 0. The molecule has 0 radical (unpaired) electrons. The van der Waals surface area contributed by atoms with Gasteiger partial charge < -0.3 is 14.5 Å². The summed E-state index contributed by atoms with van der Waals surface area (Å²) in [6.45, 7) is 9.97. The fourth-order valence-corrected chi connectivity index (χ4v) is 2.95. The van der Waals surface area contributed by atoms with Crippen LogP contribution in [0, 0.1) is 11.8 Å². The Hall–Kier alpha value is -1.75. The van der Waals surface area contributed by atoms with Crippen molar-refractivity contribution < 1.29 is 14.3 Å². The lowest BCUT2D eigenvalue weighted by atomic mass is 10.1. The summed E-state index contributed by atoms with van der Waals surface area (Å²) < 4.78 is 5.22. The molecule has 0 atom stereocenters. The van der Waals surface area contributed by atoms with E-state index < -0.39 is 0 Å². The molecule has 0 aliphatic carbocycles. The molecule has 0 aromatic heterocycles. The number of rotatable bonds is 6. The van der Waals surface area contributed by atoms with Crippen molar-refractivity contribution >= 4 is 29.2 Å². The zero-order valence-corrected chi connectivity index (χ0v) is 15.5. The summed E-state index contributed by atoms with van der Waals surface area (Å²) in [6, 6.07) is 5.06. The Morgan fingerprint density at radius 2 is 1.88 bits per heavy atom. The van der Waals surface area contributed by atoms with Crippen LogP contribution in [0.15, 0.2) is 18.2 Å². The minimum atomic E-state index is -0.364. The molecule has 1 aromatic carbocycles. The molecule has 0 saturated heterocycles. The first-order valence-corrected chi connectivity index (χ1v) is 8.67. The van der Waals surface area contributed by atoms with E-state index >= 15 is 0 Å². The topological polar surface area (TPSA) is 49.9 Å². The van der Waals surface area contributed by atoms with Crippen LogP contribution < -0.4 is 9.64 Å². The van der Waals surface area contributed by atoms with Crippen molar-refractivity contribution in [3.05, 3.63) is 23.2 Å². The van der Waals surface area contributed by atoms with Crippen molar-refractivity contribution in [3.8, 4) is 5.75 Å². The lowest BCUT2D eigenvalue weighted by Gasteiger charge is -2.33. The standard InChI is InChI=1S/C18H25ClN2O3/c1-12(2)8-21(9-13(3)4)17(22)10-20-11-18(23)24-16-6-5-14(19)7-15(16)20/h5-7,12-13H,8-11H2,1-4H3. The molecule has 1 aliphatic heterocycles. The molecule has 1 amide bonds. The number of carbonyl (C=O) groups is 2. The van der Waals surface area contributed by atoms with E-state index in [2.05, 4.69) is 27.7 Å². The van der Waals surface area contributed by atoms with Crippen LogP contribution in [0.25, 0.3) is 0 Å². The lowest BCUT2D eigenvalue weighted by molar-refractivity contribution is -0.134. The summed E-state index contributed by atoms with van der Waals surface area (Å²) in [5.74, 6) is 0.874. The highest BCUT2D eigenvalue weighted by Crippen LogP contribution is 2.34. The second-order valence-corrected chi connectivity index (χ2v) is 7.47. The van der Waals surface area contributed by atoms with Gasteiger partial charge in [-0.3, -0.25) is 4.79 Å². The fourth-order valence-electron chi connectivity index (χ4n) is 2.78. The summed E-state index contributed by atoms with van der Waals surface area (Å²) >= 11 is 6.05. The van der Waals surface area contributed by atoms with Gasteiger partial charge in [-0.15, -0.1) is 0 Å². The number of benzene rings is 1. The number of fused-ring (bicyclic) bond motifs is 1. The Balaban J connectivity index is 2.18. The summed E-state index contributed by atoms with van der Waals surface area (Å²) in [7, 11) is 0. The highest BCUT2D eigenvalue weighted by Gasteiger charge is 2.27. The lowest BCUT2D eigenvalue weighted by Crippen LogP contribution is -2.46. The predicted molar refractivity (Wildman–Crippen MR) is 95.6 cm³/mol. The number of anilines is 1. The van der Waals surface area contributed by atoms with Gasteiger partial charge in [0, 0.05) is 18.1 Å². The van der Waals surface area contributed by atoms with E-state index in [-0.39, 0.29) is 25.0 Å². The maximum Gasteiger partial charge on any atom is 0.331 e. The third kappa shape index (κ3) is 4.87. The quantitative estimate of drug-likeness (QED) is 0.582. The Morgan fingerprint density at radius 3 is 2.46 bits per heavy atom. The smallest absolute Gasteiger partial charge is 0.331 e. The van der Waals surface area contributed by atoms with Gasteiger partial charge in [-0.05, 0) is 30.0 Å². The number of ether oxygens (including phenoxy) is 1. The zero-order chi connectivity index (χ0) is 17.9. The number of nitrogens with zero attached hydrogens (tertiary/aromatic N) is 2. The Kier molecular flexibility index (Phi) is 6.10. The molecule has 1 aromatic rings. The molecule has 1 aliphatic rings. The maximum absolute atomic E-state index is 12.8. The molecule has 0 N–H and O–H groups in total. The molecule has 24 heavy (non-hydrogen) atoms. The molecule has 0 bridgehead atoms. The van der Waals surface area contributed by atoms with E-state index in [0.717, 1.165) is 0 Å². The third-order valence-electron chi connectivity index (χ3n) is 3.66. The largest absolute Gasteiger partial charge is 0.423 e. The van der Waals surface area contributed by atoms with Crippen molar-refractivity contribution in [3.63, 3.8) is 0 Å². The first-order chi connectivity index (χ1) is 11.3. The number of esters is 1. The number of halogens is 1. The molecule has 6 heteroatoms. The van der Waals surface area contributed by atoms with Crippen molar-refractivity contribution in [2.75, 3.05) is 31.1 Å². The minimum Gasteiger partial charge on any atom is -0.423 e. The SMILES string of the molecule is CC(C)CN(CC(C)C)C(=O)CN1CC(=O)Oc2ccc(Cl)cc21. The highest BCUT2D eigenvalue weighted by atomic mass is 35.5. The van der Waals surface area contributed by atoms with Crippen LogP contribution in [0.2, 0.25) is 5.02 Å². The van der Waals surface area contributed by atoms with Crippen LogP contribution in [0.4, 0.5) is 5.69 Å². The first kappa shape index (κ1) is 18.6. The molecule has 1 heterocycles. The van der Waals surface area contributed by atoms with Gasteiger partial charge >= 0.3 is 5.97 Å². The van der Waals surface area contributed by atoms with Gasteiger partial charge in [0.05, 0.1) is 12.2 Å². The summed E-state index contributed by atoms with van der Waals surface area (Å²) in [5, 5.41) is 0.547. The fraction of sp³-hybridized carbons (Fsp3) is 0.556. The van der Waals surface area contributed by atoms with E-state index in [1.165, 1.54) is 0 Å². The van der Waals surface area contributed by atoms with Crippen LogP contribution >= 0.6 is 11.6 Å². The summed E-state index contributed by atoms with van der Waals surface area (Å²) in [6.07, 6.45) is 0. The van der Waals surface area contributed by atoms with Gasteiger partial charge in [-0.2, -0.15) is 0 Å². The van der Waals surface area contributed by atoms with E-state index in [1.807, 2.05) is 4.90 Å². The van der Waals surface area contributed by atoms with E-state index in [4.69, 9.17) is 16.3 Å². The van der Waals surface area contributed by atoms with Gasteiger partial charge in [0.25, 0.3) is 0 Å². The normalized spacial score (nSPS) is 14.0. The first-order valence-electron chi connectivity index (χ1n) is 8.29. The third-order valence-corrected chi connectivity index (χ3v) is 3.89. The molecule has 5 nitrogen and oxygen atoms in total. The van der Waals surface area contributed by atoms with Crippen LogP contribution in [0.5, 0.6) is 5.75 Å². The average Bonchev–Trinajstić information content (AvgIpc) is 2.46. The highest BCUT2D eigenvalue weighted by molar-refractivity contribution is 6.31. The van der Waals surface area contributed by atoms with Gasteiger partial charge in [-0.1, -0.05) is 39.3 Å². The van der Waals surface area contributed by atoms with Crippen LogP contribution in [-0.2, 0) is 9.59 Å². The van der Waals surface area contributed by atoms with E-state index in [1.54, 1.807) is 23.1 Å². The van der Waals surface area contributed by atoms with Crippen molar-refractivity contribution in [1.29, 1.82) is 0 Å². The molecule has 0 fully saturated rings. The Bertz CT molecular complexity index is 606. The van der Waals surface area contributed by atoms with Crippen LogP contribution in [0.1, 0.15) is 27.7 Å². The summed E-state index contributed by atoms with van der Waals surface area (Å²) in [4.78, 5) is 28.2. The maximum atomic E-state index is 12.8. The van der Waals surface area contributed by atoms with Crippen LogP contribution in [0.3, 0.4) is 0 Å². The summed E-state index contributed by atoms with van der Waals surface area (Å²) in [5.41, 5.74) is 0.685. The zero-order valence-electron chi connectivity index (χ0n) is 14.7. The van der Waals surface area contributed by atoms with E-state index in [9.17, 15) is 9.59 Å². The Morgan fingerprint density at radius 1 is 1.25 bits per heavy atom. The molecule has 2 rings (SSSR count). The van der Waals surface area contributed by atoms with Crippen LogP contribution in [-0.4, -0.2) is 43.0 Å². The Labute approximate surface area is 148 Å². The van der Waals surface area contributed by atoms with Crippen molar-refractivity contribution in [1.82, 2.24) is 4.90 Å². The van der Waals surface area contributed by atoms with E-state index in [0.29, 0.717) is 41.4 Å². The van der Waals surface area contributed by atoms with Gasteiger partial charge in [0.1, 0.15) is 6.54 Å². The molecular weight excluding hydrogens is 328 g/mol. The molecule has 132 valence electrons. The van der Waals surface area contributed by atoms with Gasteiger partial charge in [0.2, 0.25) is 5.91 Å². The number of amides is 1.